The molecule has 0 saturated heterocycles. The summed E-state index contributed by atoms with van der Waals surface area (Å²) in [6.45, 7) is 0. The van der Waals surface area contributed by atoms with E-state index in [-0.39, 0.29) is 124 Å². The number of azo groups is 2. The number of nitrogen functional groups attached to an aromatic ring is 2. The summed E-state index contributed by atoms with van der Waals surface area (Å²) in [6.07, 6.45) is -1.47. The maximum absolute atomic E-state index is 13.5. The maximum atomic E-state index is 13.5. The van der Waals surface area contributed by atoms with Crippen molar-refractivity contribution in [1.29, 1.82) is 0 Å². The standard InChI is InChI=1S/C26H19F2N9O12S4.4Na/c27-20-10-21(33-26(28)32-20)31-11-4-7-18(51(41,42)43)15(8-11)35-36-16-9-19(52(44,45)46)23(30)24(22(16)29)37-34-14-6-5-12-13(25(14)53(47,48)49)2-1-3-17(12)50(38,39)40;;;;/h1-10H,29-30H2,(H,31,32,33)(H,38,39,40)(H,41,42,43)(H,44,45,46)(H,47,48,49);;;;/q;4*+1/p-4. The summed E-state index contributed by atoms with van der Waals surface area (Å²) in [7, 11) is -21.5. The Kier molecular flexibility index (Phi) is 19.0. The van der Waals surface area contributed by atoms with Crippen LogP contribution in [-0.4, -0.2) is 61.9 Å². The molecule has 0 spiro atoms. The average Bonchev–Trinajstić information content (AvgIpc) is 3.01. The number of hydrogen-bond donors (Lipinski definition) is 3. The Morgan fingerprint density at radius 2 is 1.14 bits per heavy atom. The van der Waals surface area contributed by atoms with Gasteiger partial charge in [0.05, 0.1) is 31.0 Å². The SMILES string of the molecule is Nc1c(N=Nc2cc(Nc3cc(F)nc(F)n3)ccc2S(=O)(=O)[O-])cc(S(=O)(=O)[O-])c(N)c1N=Nc1ccc2c(S(=O)(=O)[O-])cccc2c1S(=O)(=O)[O-].[Na+].[Na+].[Na+].[Na+]. The van der Waals surface area contributed by atoms with Gasteiger partial charge in [0.1, 0.15) is 69.0 Å². The van der Waals surface area contributed by atoms with Crippen molar-refractivity contribution in [1.82, 2.24) is 9.97 Å². The third kappa shape index (κ3) is 12.7. The summed E-state index contributed by atoms with van der Waals surface area (Å²) in [6, 6.07) is 8.12. The first-order valence-corrected chi connectivity index (χ1v) is 19.1. The first kappa shape index (κ1) is 53.3. The topological polar surface area (TPSA) is 368 Å². The largest absolute Gasteiger partial charge is 1.00 e. The van der Waals surface area contributed by atoms with Crippen molar-refractivity contribution in [2.75, 3.05) is 16.8 Å². The van der Waals surface area contributed by atoms with Gasteiger partial charge in [0, 0.05) is 22.5 Å². The van der Waals surface area contributed by atoms with E-state index in [1.807, 2.05) is 0 Å². The molecule has 57 heavy (non-hydrogen) atoms. The van der Waals surface area contributed by atoms with Crippen LogP contribution in [0.2, 0.25) is 0 Å². The summed E-state index contributed by atoms with van der Waals surface area (Å²) in [4.78, 5) is 1.76. The van der Waals surface area contributed by atoms with Crippen LogP contribution in [0, 0.1) is 12.0 Å². The number of rotatable bonds is 10. The van der Waals surface area contributed by atoms with Crippen LogP contribution in [0.3, 0.4) is 0 Å². The van der Waals surface area contributed by atoms with Crippen LogP contribution in [0.1, 0.15) is 0 Å². The van der Waals surface area contributed by atoms with Crippen molar-refractivity contribution in [3.8, 4) is 0 Å². The average molecular weight is 904 g/mol. The molecule has 5 N–H and O–H groups in total. The van der Waals surface area contributed by atoms with Crippen LogP contribution in [0.4, 0.5) is 54.4 Å². The molecular weight excluding hydrogens is 889 g/mol. The molecule has 1 aromatic heterocycles. The van der Waals surface area contributed by atoms with Gasteiger partial charge in [0.25, 0.3) is 0 Å². The molecule has 0 fully saturated rings. The molecule has 0 atom stereocenters. The quantitative estimate of drug-likeness (QED) is 0.0292. The number of nitrogens with two attached hydrogens (primary N) is 2. The van der Waals surface area contributed by atoms with E-state index in [1.54, 1.807) is 0 Å². The van der Waals surface area contributed by atoms with Gasteiger partial charge in [-0.1, -0.05) is 18.2 Å². The fraction of sp³-hybridized carbons (Fsp3) is 0. The third-order valence-electron chi connectivity index (χ3n) is 6.75. The second kappa shape index (κ2) is 20.3. The molecular formula is C26H15F2N9Na4O12S4. The summed E-state index contributed by atoms with van der Waals surface area (Å²) in [5.41, 5.74) is 6.73. The predicted octanol–water partition coefficient (Wildman–Crippen LogP) is -8.72. The molecule has 4 aromatic carbocycles. The van der Waals surface area contributed by atoms with Gasteiger partial charge in [0.2, 0.25) is 5.95 Å². The number of hydrogen-bond acceptors (Lipinski definition) is 21. The van der Waals surface area contributed by atoms with Crippen LogP contribution in [0.15, 0.2) is 101 Å². The number of benzene rings is 4. The Bertz CT molecular complexity index is 2880. The second-order valence-electron chi connectivity index (χ2n) is 10.2. The van der Waals surface area contributed by atoms with E-state index in [0.717, 1.165) is 42.5 Å². The molecule has 0 bridgehead atoms. The predicted molar refractivity (Wildman–Crippen MR) is 171 cm³/mol. The van der Waals surface area contributed by atoms with E-state index in [4.69, 9.17) is 11.5 Å². The first-order valence-electron chi connectivity index (χ1n) is 13.5. The number of anilines is 4. The number of aromatic nitrogens is 2. The fourth-order valence-electron chi connectivity index (χ4n) is 4.61. The smallest absolute Gasteiger partial charge is 0.744 e. The summed E-state index contributed by atoms with van der Waals surface area (Å²) >= 11 is 0. The minimum atomic E-state index is -5.54. The Morgan fingerprint density at radius 1 is 0.561 bits per heavy atom. The van der Waals surface area contributed by atoms with E-state index in [0.29, 0.717) is 18.2 Å². The molecule has 0 aliphatic rings. The van der Waals surface area contributed by atoms with Crippen LogP contribution in [0.25, 0.3) is 10.8 Å². The van der Waals surface area contributed by atoms with E-state index in [2.05, 4.69) is 35.7 Å². The van der Waals surface area contributed by atoms with Gasteiger partial charge in [-0.25, -0.2) is 33.7 Å². The number of halogens is 2. The van der Waals surface area contributed by atoms with E-state index < -0.39 is 123 Å². The second-order valence-corrected chi connectivity index (χ2v) is 15.6. The molecule has 5 rings (SSSR count). The zero-order chi connectivity index (χ0) is 39.3. The molecule has 0 unspecified atom stereocenters. The van der Waals surface area contributed by atoms with Gasteiger partial charge in [-0.2, -0.15) is 18.7 Å². The van der Waals surface area contributed by atoms with Gasteiger partial charge in [-0.05, 0) is 36.4 Å². The van der Waals surface area contributed by atoms with Crippen molar-refractivity contribution >= 4 is 96.9 Å². The van der Waals surface area contributed by atoms with Crippen molar-refractivity contribution in [3.05, 3.63) is 72.7 Å². The van der Waals surface area contributed by atoms with Crippen LogP contribution in [0.5, 0.6) is 0 Å². The Balaban J connectivity index is 0.00000406. The molecule has 1 heterocycles. The maximum Gasteiger partial charge on any atom is 1.00 e. The first-order chi connectivity index (χ1) is 24.4. The molecule has 0 saturated carbocycles. The third-order valence-corrected chi connectivity index (χ3v) is 10.3. The molecule has 5 aromatic rings. The van der Waals surface area contributed by atoms with E-state index in [1.165, 1.54) is 0 Å². The molecule has 278 valence electrons. The van der Waals surface area contributed by atoms with Crippen LogP contribution >= 0.6 is 0 Å². The Hall–Kier alpha value is -1.68. The van der Waals surface area contributed by atoms with Crippen LogP contribution in [-0.2, 0) is 40.5 Å². The minimum absolute atomic E-state index is 0. The van der Waals surface area contributed by atoms with Crippen LogP contribution < -0.4 is 135 Å². The number of nitrogens with zero attached hydrogens (tertiary/aromatic N) is 6. The monoisotopic (exact) mass is 903 g/mol. The fourth-order valence-corrected chi connectivity index (χ4v) is 7.33. The van der Waals surface area contributed by atoms with Gasteiger partial charge in [0.15, 0.2) is 0 Å². The summed E-state index contributed by atoms with van der Waals surface area (Å²) in [5.74, 6) is -1.75. The van der Waals surface area contributed by atoms with E-state index >= 15 is 0 Å². The molecule has 31 heteroatoms. The number of nitrogens with one attached hydrogen (secondary N) is 1. The zero-order valence-electron chi connectivity index (χ0n) is 29.4. The molecule has 0 radical (unpaired) electrons. The molecule has 21 nitrogen and oxygen atoms in total. The summed E-state index contributed by atoms with van der Waals surface area (Å²) < 4.78 is 171. The van der Waals surface area contributed by atoms with Crippen molar-refractivity contribution < 1.29 is 179 Å². The molecule has 0 aliphatic carbocycles. The zero-order valence-corrected chi connectivity index (χ0v) is 40.7. The van der Waals surface area contributed by atoms with Gasteiger partial charge in [-0.3, -0.25) is 0 Å². The van der Waals surface area contributed by atoms with Crippen molar-refractivity contribution in [2.24, 2.45) is 20.5 Å². The van der Waals surface area contributed by atoms with Gasteiger partial charge in [-0.15, -0.1) is 20.5 Å². The normalized spacial score (nSPS) is 12.0. The van der Waals surface area contributed by atoms with Gasteiger partial charge >= 0.3 is 124 Å². The molecule has 0 amide bonds. The van der Waals surface area contributed by atoms with Crippen molar-refractivity contribution in [2.45, 2.75) is 19.6 Å². The Morgan fingerprint density at radius 3 is 1.70 bits per heavy atom. The minimum Gasteiger partial charge on any atom is -0.744 e. The van der Waals surface area contributed by atoms with Crippen molar-refractivity contribution in [3.63, 3.8) is 0 Å². The van der Waals surface area contributed by atoms with E-state index in [9.17, 15) is 60.7 Å². The Labute approximate surface area is 409 Å². The molecule has 0 aliphatic heterocycles. The summed E-state index contributed by atoms with van der Waals surface area (Å²) in [5, 5.41) is 15.8. The number of fused-ring (bicyclic) bond motifs is 1. The van der Waals surface area contributed by atoms with Gasteiger partial charge < -0.3 is 35.0 Å².